The average molecular weight is 400 g/mol. The van der Waals surface area contributed by atoms with Gasteiger partial charge in [-0.3, -0.25) is 4.79 Å². The molecular weight excluding hydrogens is 370 g/mol. The highest BCUT2D eigenvalue weighted by atomic mass is 16.5. The number of quaternary nitrogens is 1. The van der Waals surface area contributed by atoms with Crippen molar-refractivity contribution in [2.75, 3.05) is 64.3 Å². The van der Waals surface area contributed by atoms with Crippen molar-refractivity contribution in [3.63, 3.8) is 0 Å². The van der Waals surface area contributed by atoms with Crippen LogP contribution >= 0.6 is 0 Å². The van der Waals surface area contributed by atoms with Gasteiger partial charge in [0.1, 0.15) is 17.2 Å². The molecule has 156 valence electrons. The van der Waals surface area contributed by atoms with Crippen LogP contribution in [0.2, 0.25) is 0 Å². The predicted molar refractivity (Wildman–Crippen MR) is 114 cm³/mol. The summed E-state index contributed by atoms with van der Waals surface area (Å²) in [6.07, 6.45) is 0.463. The Labute approximate surface area is 172 Å². The van der Waals surface area contributed by atoms with Crippen LogP contribution in [0, 0.1) is 0 Å². The lowest BCUT2D eigenvalue weighted by Crippen LogP contribution is -3.15. The smallest absolute Gasteiger partial charge is 0.230 e. The zero-order valence-electron chi connectivity index (χ0n) is 17.4. The Balaban J connectivity index is 1.49. The number of hydrogen-bond donors (Lipinski definition) is 2. The summed E-state index contributed by atoms with van der Waals surface area (Å²) in [5.74, 6) is 2.19. The van der Waals surface area contributed by atoms with Crippen LogP contribution < -0.4 is 29.3 Å². The van der Waals surface area contributed by atoms with E-state index in [1.54, 1.807) is 39.5 Å². The number of carbonyl (C=O) groups excluding carboxylic acids is 1. The molecule has 0 radical (unpaired) electrons. The van der Waals surface area contributed by atoms with Crippen LogP contribution in [-0.4, -0.2) is 60.0 Å². The first kappa shape index (κ1) is 20.8. The van der Waals surface area contributed by atoms with Crippen LogP contribution in [0.15, 0.2) is 42.5 Å². The van der Waals surface area contributed by atoms with E-state index in [9.17, 15) is 4.79 Å². The minimum Gasteiger partial charge on any atom is -0.497 e. The number of anilines is 2. The standard InChI is InChI=1S/C22H29N3O4/c1-27-17-8-9-20(28-2)18(16-17)23-22(26)10-11-24-12-14-25(15-13-24)19-6-4-5-7-21(19)29-3/h4-9,16H,10-15H2,1-3H3,(H,23,26)/p+1. The Bertz CT molecular complexity index is 819. The van der Waals surface area contributed by atoms with Gasteiger partial charge in [0.25, 0.3) is 0 Å². The van der Waals surface area contributed by atoms with E-state index in [2.05, 4.69) is 16.3 Å². The van der Waals surface area contributed by atoms with E-state index in [0.717, 1.165) is 44.2 Å². The molecule has 0 spiro atoms. The van der Waals surface area contributed by atoms with Crippen molar-refractivity contribution in [1.82, 2.24) is 0 Å². The first-order valence-corrected chi connectivity index (χ1v) is 9.88. The lowest BCUT2D eigenvalue weighted by atomic mass is 10.2. The van der Waals surface area contributed by atoms with Gasteiger partial charge in [0.05, 0.1) is 71.8 Å². The van der Waals surface area contributed by atoms with Gasteiger partial charge >= 0.3 is 0 Å². The second-order valence-electron chi connectivity index (χ2n) is 7.02. The van der Waals surface area contributed by atoms with Gasteiger partial charge in [0, 0.05) is 6.07 Å². The molecule has 1 amide bonds. The first-order valence-electron chi connectivity index (χ1n) is 9.88. The zero-order chi connectivity index (χ0) is 20.6. The molecular formula is C22H30N3O4+. The van der Waals surface area contributed by atoms with Crippen molar-refractivity contribution in [3.8, 4) is 17.2 Å². The van der Waals surface area contributed by atoms with Gasteiger partial charge in [-0.25, -0.2) is 0 Å². The summed E-state index contributed by atoms with van der Waals surface area (Å²) in [6, 6.07) is 13.5. The zero-order valence-corrected chi connectivity index (χ0v) is 17.4. The molecule has 2 aromatic carbocycles. The SMILES string of the molecule is COc1ccc(OC)c(NC(=O)CC[NH+]2CCN(c3ccccc3OC)CC2)c1. The Morgan fingerprint density at radius 3 is 2.41 bits per heavy atom. The third-order valence-electron chi connectivity index (χ3n) is 5.28. The molecule has 7 heteroatoms. The minimum absolute atomic E-state index is 0.0174. The molecule has 1 aliphatic heterocycles. The molecule has 0 aromatic heterocycles. The van der Waals surface area contributed by atoms with Gasteiger partial charge in [-0.2, -0.15) is 0 Å². The summed E-state index contributed by atoms with van der Waals surface area (Å²) in [5, 5.41) is 2.94. The van der Waals surface area contributed by atoms with Gasteiger partial charge in [-0.15, -0.1) is 0 Å². The first-order chi connectivity index (χ1) is 14.1. The van der Waals surface area contributed by atoms with Crippen LogP contribution in [-0.2, 0) is 4.79 Å². The van der Waals surface area contributed by atoms with E-state index >= 15 is 0 Å². The summed E-state index contributed by atoms with van der Waals surface area (Å²) in [4.78, 5) is 16.2. The van der Waals surface area contributed by atoms with E-state index in [-0.39, 0.29) is 5.91 Å². The summed E-state index contributed by atoms with van der Waals surface area (Å²) >= 11 is 0. The van der Waals surface area contributed by atoms with E-state index in [0.29, 0.717) is 23.6 Å². The number of para-hydroxylation sites is 2. The molecule has 0 bridgehead atoms. The molecule has 0 atom stereocenters. The number of ether oxygens (including phenoxy) is 3. The van der Waals surface area contributed by atoms with Crippen LogP contribution in [0.5, 0.6) is 17.2 Å². The number of piperazine rings is 1. The van der Waals surface area contributed by atoms with E-state index < -0.39 is 0 Å². The van der Waals surface area contributed by atoms with Crippen molar-refractivity contribution >= 4 is 17.3 Å². The van der Waals surface area contributed by atoms with Crippen LogP contribution in [0.4, 0.5) is 11.4 Å². The number of nitrogens with zero attached hydrogens (tertiary/aromatic N) is 1. The number of nitrogens with one attached hydrogen (secondary N) is 2. The number of methoxy groups -OCH3 is 3. The van der Waals surface area contributed by atoms with Crippen molar-refractivity contribution in [3.05, 3.63) is 42.5 Å². The molecule has 29 heavy (non-hydrogen) atoms. The lowest BCUT2D eigenvalue weighted by molar-refractivity contribution is -0.900. The van der Waals surface area contributed by atoms with Crippen LogP contribution in [0.3, 0.4) is 0 Å². The number of carbonyl (C=O) groups is 1. The average Bonchev–Trinajstić information content (AvgIpc) is 2.78. The van der Waals surface area contributed by atoms with Crippen LogP contribution in [0.25, 0.3) is 0 Å². The Morgan fingerprint density at radius 2 is 1.72 bits per heavy atom. The molecule has 0 saturated carbocycles. The summed E-state index contributed by atoms with van der Waals surface area (Å²) in [6.45, 7) is 4.68. The molecule has 2 aromatic rings. The maximum atomic E-state index is 12.4. The van der Waals surface area contributed by atoms with Crippen molar-refractivity contribution < 1.29 is 23.9 Å². The van der Waals surface area contributed by atoms with Gasteiger partial charge in [-0.05, 0) is 24.3 Å². The second-order valence-corrected chi connectivity index (χ2v) is 7.02. The maximum absolute atomic E-state index is 12.4. The fourth-order valence-corrected chi connectivity index (χ4v) is 3.62. The largest absolute Gasteiger partial charge is 0.497 e. The number of hydrogen-bond acceptors (Lipinski definition) is 5. The number of amides is 1. The van der Waals surface area contributed by atoms with Gasteiger partial charge in [0.15, 0.2) is 0 Å². The maximum Gasteiger partial charge on any atom is 0.230 e. The number of benzene rings is 2. The second kappa shape index (κ2) is 10.0. The Kier molecular flexibility index (Phi) is 7.19. The van der Waals surface area contributed by atoms with Gasteiger partial charge in [0.2, 0.25) is 5.91 Å². The Morgan fingerprint density at radius 1 is 1.00 bits per heavy atom. The summed E-state index contributed by atoms with van der Waals surface area (Å²) in [5.41, 5.74) is 1.77. The minimum atomic E-state index is -0.0174. The molecule has 1 fully saturated rings. The van der Waals surface area contributed by atoms with E-state index in [1.165, 1.54) is 4.90 Å². The molecule has 0 unspecified atom stereocenters. The third kappa shape index (κ3) is 5.32. The highest BCUT2D eigenvalue weighted by Crippen LogP contribution is 2.29. The topological polar surface area (TPSA) is 64.5 Å². The molecule has 3 rings (SSSR count). The molecule has 1 heterocycles. The summed E-state index contributed by atoms with van der Waals surface area (Å²) < 4.78 is 16.0. The Hall–Kier alpha value is -2.93. The van der Waals surface area contributed by atoms with Gasteiger partial charge in [-0.1, -0.05) is 12.1 Å². The van der Waals surface area contributed by atoms with Crippen molar-refractivity contribution in [2.24, 2.45) is 0 Å². The van der Waals surface area contributed by atoms with Crippen molar-refractivity contribution in [2.45, 2.75) is 6.42 Å². The highest BCUT2D eigenvalue weighted by molar-refractivity contribution is 5.92. The van der Waals surface area contributed by atoms with Gasteiger partial charge < -0.3 is 29.3 Å². The lowest BCUT2D eigenvalue weighted by Gasteiger charge is -2.34. The molecule has 7 nitrogen and oxygen atoms in total. The fraction of sp³-hybridized carbons (Fsp3) is 0.409. The monoisotopic (exact) mass is 400 g/mol. The molecule has 0 aliphatic carbocycles. The van der Waals surface area contributed by atoms with Crippen LogP contribution in [0.1, 0.15) is 6.42 Å². The third-order valence-corrected chi connectivity index (χ3v) is 5.28. The van der Waals surface area contributed by atoms with Crippen molar-refractivity contribution in [1.29, 1.82) is 0 Å². The number of rotatable bonds is 8. The quantitative estimate of drug-likeness (QED) is 0.702. The normalized spacial score (nSPS) is 14.4. The molecule has 1 aliphatic rings. The molecule has 1 saturated heterocycles. The fourth-order valence-electron chi connectivity index (χ4n) is 3.62. The van der Waals surface area contributed by atoms with E-state index in [1.807, 2.05) is 18.2 Å². The predicted octanol–water partition coefficient (Wildman–Crippen LogP) is 1.45. The molecule has 2 N–H and O–H groups in total. The highest BCUT2D eigenvalue weighted by Gasteiger charge is 2.22. The van der Waals surface area contributed by atoms with E-state index in [4.69, 9.17) is 14.2 Å². The summed E-state index contributed by atoms with van der Waals surface area (Å²) in [7, 11) is 4.89.